The van der Waals surface area contributed by atoms with Crippen LogP contribution in [0.3, 0.4) is 0 Å². The molecule has 83 heavy (non-hydrogen) atoms. The highest BCUT2D eigenvalue weighted by Crippen LogP contribution is 2.50. The summed E-state index contributed by atoms with van der Waals surface area (Å²) in [5.74, 6) is 0. The Kier molecular flexibility index (Phi) is 10.7. The molecule has 4 nitrogen and oxygen atoms in total. The van der Waals surface area contributed by atoms with Crippen molar-refractivity contribution in [1.29, 1.82) is 0 Å². The van der Waals surface area contributed by atoms with Gasteiger partial charge in [0.25, 0.3) is 6.71 Å². The molecule has 0 N–H and O–H groups in total. The van der Waals surface area contributed by atoms with Crippen molar-refractivity contribution in [3.05, 3.63) is 309 Å². The minimum absolute atomic E-state index is 0.124. The van der Waals surface area contributed by atoms with E-state index in [-0.39, 0.29) is 6.71 Å². The molecular weight excluding hydrogens is 1000 g/mol. The summed E-state index contributed by atoms with van der Waals surface area (Å²) >= 11 is 0. The maximum Gasteiger partial charge on any atom is 0.252 e. The van der Waals surface area contributed by atoms with E-state index in [1.807, 2.05) is 0 Å². The van der Waals surface area contributed by atoms with Crippen LogP contribution in [0, 0.1) is 0 Å². The summed E-state index contributed by atoms with van der Waals surface area (Å²) in [6, 6.07) is 114. The Balaban J connectivity index is 0.957. The third-order valence-electron chi connectivity index (χ3n) is 17.5. The molecular formula is C78H51BN4. The molecule has 0 unspecified atom stereocenters. The Morgan fingerprint density at radius 2 is 0.494 bits per heavy atom. The maximum absolute atomic E-state index is 2.57. The van der Waals surface area contributed by atoms with E-state index >= 15 is 0 Å². The SMILES string of the molecule is c1ccc(N(c2ccccc2)c2ccc3c(c2)N(c2ccc4c5ccccc5c5ccccc5c4c2)c2cccc4c2B3c2ccc(N(c3ccccc3)c3ccccc3)cc2N4c2ccc3c4ccccc4c4ccccc4c3c2)cc1. The van der Waals surface area contributed by atoms with Gasteiger partial charge < -0.3 is 19.6 Å². The van der Waals surface area contributed by atoms with Crippen LogP contribution in [-0.2, 0) is 0 Å². The number of benzene rings is 15. The molecule has 0 atom stereocenters. The number of para-hydroxylation sites is 4. The molecule has 2 aliphatic heterocycles. The molecule has 2 aliphatic rings. The maximum atomic E-state index is 2.57. The number of hydrogen-bond acceptors (Lipinski definition) is 4. The zero-order valence-electron chi connectivity index (χ0n) is 45.3. The topological polar surface area (TPSA) is 13.0 Å². The molecule has 0 radical (unpaired) electrons. The van der Waals surface area contributed by atoms with E-state index in [0.29, 0.717) is 0 Å². The summed E-state index contributed by atoms with van der Waals surface area (Å²) in [5, 5.41) is 15.0. The highest BCUT2D eigenvalue weighted by atomic mass is 15.2. The monoisotopic (exact) mass is 1050 g/mol. The van der Waals surface area contributed by atoms with E-state index in [4.69, 9.17) is 0 Å². The number of nitrogens with zero attached hydrogens (tertiary/aromatic N) is 4. The van der Waals surface area contributed by atoms with Crippen molar-refractivity contribution in [2.75, 3.05) is 19.6 Å². The molecule has 15 aromatic carbocycles. The summed E-state index contributed by atoms with van der Waals surface area (Å²) in [4.78, 5) is 9.91. The van der Waals surface area contributed by atoms with Crippen molar-refractivity contribution < 1.29 is 0 Å². The van der Waals surface area contributed by atoms with Crippen LogP contribution in [0.2, 0.25) is 0 Å². The van der Waals surface area contributed by atoms with Gasteiger partial charge in [-0.3, -0.25) is 0 Å². The fourth-order valence-electron chi connectivity index (χ4n) is 14.0. The van der Waals surface area contributed by atoms with Gasteiger partial charge in [-0.1, -0.05) is 200 Å². The first-order valence-corrected chi connectivity index (χ1v) is 28.7. The minimum Gasteiger partial charge on any atom is -0.311 e. The van der Waals surface area contributed by atoms with Gasteiger partial charge in [0.15, 0.2) is 0 Å². The molecule has 0 saturated carbocycles. The van der Waals surface area contributed by atoms with Gasteiger partial charge in [-0.05, 0) is 190 Å². The van der Waals surface area contributed by atoms with Gasteiger partial charge in [0.05, 0.1) is 0 Å². The third kappa shape index (κ3) is 7.34. The fraction of sp³-hybridized carbons (Fsp3) is 0. The summed E-state index contributed by atoms with van der Waals surface area (Å²) < 4.78 is 0. The quantitative estimate of drug-likeness (QED) is 0.111. The van der Waals surface area contributed by atoms with E-state index in [1.165, 1.54) is 81.0 Å². The minimum atomic E-state index is -0.124. The van der Waals surface area contributed by atoms with Crippen LogP contribution in [-0.4, -0.2) is 6.71 Å². The Morgan fingerprint density at radius 1 is 0.205 bits per heavy atom. The molecule has 2 heterocycles. The van der Waals surface area contributed by atoms with E-state index in [0.717, 1.165) is 68.2 Å². The van der Waals surface area contributed by atoms with Crippen molar-refractivity contribution in [3.8, 4) is 0 Å². The summed E-state index contributed by atoms with van der Waals surface area (Å²) in [7, 11) is 0. The first-order valence-electron chi connectivity index (χ1n) is 28.7. The average Bonchev–Trinajstić information content (AvgIpc) is 3.64. The Bertz CT molecular complexity index is 4600. The number of anilines is 12. The lowest BCUT2D eigenvalue weighted by Crippen LogP contribution is -2.61. The van der Waals surface area contributed by atoms with Crippen LogP contribution >= 0.6 is 0 Å². The zero-order valence-corrected chi connectivity index (χ0v) is 45.3. The molecule has 0 aromatic heterocycles. The molecule has 0 bridgehead atoms. The van der Waals surface area contributed by atoms with Crippen LogP contribution in [0.4, 0.5) is 68.2 Å². The molecule has 5 heteroatoms. The second-order valence-corrected chi connectivity index (χ2v) is 22.0. The van der Waals surface area contributed by atoms with Gasteiger partial charge in [0, 0.05) is 68.2 Å². The highest BCUT2D eigenvalue weighted by Gasteiger charge is 2.44. The second-order valence-electron chi connectivity index (χ2n) is 22.0. The molecule has 0 aliphatic carbocycles. The van der Waals surface area contributed by atoms with Crippen molar-refractivity contribution in [2.24, 2.45) is 0 Å². The van der Waals surface area contributed by atoms with Gasteiger partial charge in [0.1, 0.15) is 0 Å². The lowest BCUT2D eigenvalue weighted by molar-refractivity contribution is 1.23. The Labute approximate surface area is 482 Å². The fourth-order valence-corrected chi connectivity index (χ4v) is 14.0. The summed E-state index contributed by atoms with van der Waals surface area (Å²) in [6.07, 6.45) is 0. The Hall–Kier alpha value is -10.9. The van der Waals surface area contributed by atoms with Gasteiger partial charge >= 0.3 is 0 Å². The molecule has 0 fully saturated rings. The molecule has 15 aromatic rings. The van der Waals surface area contributed by atoms with Gasteiger partial charge in [-0.25, -0.2) is 0 Å². The van der Waals surface area contributed by atoms with Gasteiger partial charge in [-0.15, -0.1) is 0 Å². The largest absolute Gasteiger partial charge is 0.311 e. The number of rotatable bonds is 8. The Morgan fingerprint density at radius 3 is 0.819 bits per heavy atom. The normalized spacial score (nSPS) is 12.5. The highest BCUT2D eigenvalue weighted by molar-refractivity contribution is 7.00. The summed E-state index contributed by atoms with van der Waals surface area (Å²) in [5.41, 5.74) is 17.1. The smallest absolute Gasteiger partial charge is 0.252 e. The molecule has 0 saturated heterocycles. The number of hydrogen-bond donors (Lipinski definition) is 0. The molecule has 0 amide bonds. The van der Waals surface area contributed by atoms with Crippen LogP contribution in [0.15, 0.2) is 309 Å². The van der Waals surface area contributed by atoms with Crippen molar-refractivity contribution in [1.82, 2.24) is 0 Å². The lowest BCUT2D eigenvalue weighted by atomic mass is 9.33. The van der Waals surface area contributed by atoms with Crippen LogP contribution < -0.4 is 36.0 Å². The first-order chi connectivity index (χ1) is 41.2. The van der Waals surface area contributed by atoms with Crippen molar-refractivity contribution in [2.45, 2.75) is 0 Å². The van der Waals surface area contributed by atoms with Crippen LogP contribution in [0.5, 0.6) is 0 Å². The number of fused-ring (bicyclic) bond motifs is 16. The first kappa shape index (κ1) is 47.0. The molecule has 386 valence electrons. The van der Waals surface area contributed by atoms with Crippen molar-refractivity contribution >= 4 is 156 Å². The van der Waals surface area contributed by atoms with Crippen molar-refractivity contribution in [3.63, 3.8) is 0 Å². The zero-order chi connectivity index (χ0) is 54.5. The lowest BCUT2D eigenvalue weighted by Gasteiger charge is -2.44. The van der Waals surface area contributed by atoms with E-state index in [2.05, 4.69) is 329 Å². The van der Waals surface area contributed by atoms with Gasteiger partial charge in [-0.2, -0.15) is 0 Å². The standard InChI is InChI=1S/C78H51BN4/c1-5-22-52(23-6-1)80(53-24-7-2-8-25-53)58-42-46-72-76(50-58)82(56-40-44-68-64-34-15-13-30-60(64)62-32-17-19-36-66(62)70(68)48-56)74-38-21-39-75-78(74)79(72)73-47-43-59(81(54-26-9-3-10-27-54)55-28-11-4-12-29-55)51-77(73)83(75)57-41-45-69-65-35-16-14-31-61(65)63-33-18-20-37-67(63)71(69)49-57/h1-51H. The molecule has 0 spiro atoms. The third-order valence-corrected chi connectivity index (χ3v) is 17.5. The average molecular weight is 1060 g/mol. The predicted octanol–water partition coefficient (Wildman–Crippen LogP) is 19.6. The van der Waals surface area contributed by atoms with Crippen LogP contribution in [0.25, 0.3) is 64.6 Å². The van der Waals surface area contributed by atoms with E-state index < -0.39 is 0 Å². The molecule has 17 rings (SSSR count). The van der Waals surface area contributed by atoms with E-state index in [9.17, 15) is 0 Å². The van der Waals surface area contributed by atoms with Gasteiger partial charge in [0.2, 0.25) is 0 Å². The predicted molar refractivity (Wildman–Crippen MR) is 355 cm³/mol. The van der Waals surface area contributed by atoms with Crippen LogP contribution in [0.1, 0.15) is 0 Å². The van der Waals surface area contributed by atoms with E-state index in [1.54, 1.807) is 0 Å². The second kappa shape index (κ2) is 18.9. The summed E-state index contributed by atoms with van der Waals surface area (Å²) in [6.45, 7) is -0.124.